The Labute approximate surface area is 73.5 Å². The molecule has 4 heteroatoms. The SMILES string of the molecule is CCC(O)O.OCCCCCO. The summed E-state index contributed by atoms with van der Waals surface area (Å²) in [5.74, 6) is 0. The van der Waals surface area contributed by atoms with Gasteiger partial charge in [-0.25, -0.2) is 0 Å². The smallest absolute Gasteiger partial charge is 0.151 e. The van der Waals surface area contributed by atoms with Gasteiger partial charge >= 0.3 is 0 Å². The molecule has 0 aromatic heterocycles. The molecule has 4 N–H and O–H groups in total. The minimum absolute atomic E-state index is 0.250. The summed E-state index contributed by atoms with van der Waals surface area (Å²) in [4.78, 5) is 0. The van der Waals surface area contributed by atoms with E-state index < -0.39 is 6.29 Å². The van der Waals surface area contributed by atoms with Crippen LogP contribution in [0.2, 0.25) is 0 Å². The maximum atomic E-state index is 8.21. The molecule has 0 aliphatic carbocycles. The van der Waals surface area contributed by atoms with Gasteiger partial charge in [0.25, 0.3) is 0 Å². The fraction of sp³-hybridized carbons (Fsp3) is 1.00. The summed E-state index contributed by atoms with van der Waals surface area (Å²) in [6, 6.07) is 0. The van der Waals surface area contributed by atoms with E-state index in [4.69, 9.17) is 20.4 Å². The van der Waals surface area contributed by atoms with Gasteiger partial charge in [0, 0.05) is 13.2 Å². The van der Waals surface area contributed by atoms with Gasteiger partial charge in [-0.1, -0.05) is 6.92 Å². The Morgan fingerprint density at radius 1 is 0.917 bits per heavy atom. The lowest BCUT2D eigenvalue weighted by Gasteiger charge is -1.90. The van der Waals surface area contributed by atoms with Crippen molar-refractivity contribution in [3.63, 3.8) is 0 Å². The zero-order chi connectivity index (χ0) is 9.82. The Hall–Kier alpha value is -0.160. The fourth-order valence-corrected chi connectivity index (χ4v) is 0.400. The van der Waals surface area contributed by atoms with Gasteiger partial charge in [-0.2, -0.15) is 0 Å². The predicted octanol–water partition coefficient (Wildman–Crippen LogP) is -0.152. The van der Waals surface area contributed by atoms with Gasteiger partial charge in [-0.3, -0.25) is 0 Å². The van der Waals surface area contributed by atoms with E-state index in [1.54, 1.807) is 6.92 Å². The molecule has 0 saturated heterocycles. The molecule has 0 heterocycles. The Morgan fingerprint density at radius 3 is 1.42 bits per heavy atom. The highest BCUT2D eigenvalue weighted by atomic mass is 16.5. The molecular weight excluding hydrogens is 160 g/mol. The van der Waals surface area contributed by atoms with Gasteiger partial charge in [0.05, 0.1) is 0 Å². The van der Waals surface area contributed by atoms with Crippen molar-refractivity contribution < 1.29 is 20.4 Å². The van der Waals surface area contributed by atoms with Crippen LogP contribution in [0.25, 0.3) is 0 Å². The number of aliphatic hydroxyl groups excluding tert-OH is 3. The summed E-state index contributed by atoms with van der Waals surface area (Å²) in [5.41, 5.74) is 0. The van der Waals surface area contributed by atoms with Crippen LogP contribution in [-0.4, -0.2) is 39.9 Å². The van der Waals surface area contributed by atoms with Crippen LogP contribution in [0.5, 0.6) is 0 Å². The first-order valence-electron chi connectivity index (χ1n) is 4.26. The monoisotopic (exact) mass is 180 g/mol. The van der Waals surface area contributed by atoms with Crippen LogP contribution in [0.15, 0.2) is 0 Å². The third kappa shape index (κ3) is 22.5. The first-order valence-corrected chi connectivity index (χ1v) is 4.26. The fourth-order valence-electron chi connectivity index (χ4n) is 0.400. The predicted molar refractivity (Wildman–Crippen MR) is 46.5 cm³/mol. The highest BCUT2D eigenvalue weighted by Crippen LogP contribution is 1.90. The lowest BCUT2D eigenvalue weighted by Crippen LogP contribution is -1.99. The van der Waals surface area contributed by atoms with E-state index in [2.05, 4.69) is 0 Å². The normalized spacial score (nSPS) is 9.50. The van der Waals surface area contributed by atoms with Crippen molar-refractivity contribution in [1.82, 2.24) is 0 Å². The summed E-state index contributed by atoms with van der Waals surface area (Å²) >= 11 is 0. The molecule has 0 unspecified atom stereocenters. The first-order chi connectivity index (χ1) is 5.68. The van der Waals surface area contributed by atoms with Crippen molar-refractivity contribution in [3.05, 3.63) is 0 Å². The Kier molecular flexibility index (Phi) is 16.1. The van der Waals surface area contributed by atoms with Gasteiger partial charge in [0.1, 0.15) is 0 Å². The zero-order valence-corrected chi connectivity index (χ0v) is 7.61. The van der Waals surface area contributed by atoms with Gasteiger partial charge in [-0.05, 0) is 25.7 Å². The topological polar surface area (TPSA) is 80.9 Å². The van der Waals surface area contributed by atoms with Crippen LogP contribution in [0.4, 0.5) is 0 Å². The van der Waals surface area contributed by atoms with E-state index in [-0.39, 0.29) is 13.2 Å². The molecule has 0 fully saturated rings. The Morgan fingerprint density at radius 2 is 1.25 bits per heavy atom. The lowest BCUT2D eigenvalue weighted by atomic mass is 10.2. The number of rotatable bonds is 5. The minimum atomic E-state index is -1.12. The second-order valence-electron chi connectivity index (χ2n) is 2.40. The summed E-state index contributed by atoms with van der Waals surface area (Å²) in [5, 5.41) is 32.3. The third-order valence-corrected chi connectivity index (χ3v) is 1.18. The van der Waals surface area contributed by atoms with E-state index in [0.29, 0.717) is 6.42 Å². The molecule has 0 rings (SSSR count). The second-order valence-corrected chi connectivity index (χ2v) is 2.40. The average Bonchev–Trinajstić information content (AvgIpc) is 2.07. The maximum Gasteiger partial charge on any atom is 0.151 e. The van der Waals surface area contributed by atoms with Crippen molar-refractivity contribution in [2.75, 3.05) is 13.2 Å². The van der Waals surface area contributed by atoms with Crippen molar-refractivity contribution in [1.29, 1.82) is 0 Å². The third-order valence-electron chi connectivity index (χ3n) is 1.18. The average molecular weight is 180 g/mol. The lowest BCUT2D eigenvalue weighted by molar-refractivity contribution is -0.0413. The molecule has 0 aromatic rings. The number of hydrogen-bond acceptors (Lipinski definition) is 4. The molecule has 0 amide bonds. The molecule has 0 aliphatic heterocycles. The summed E-state index contributed by atoms with van der Waals surface area (Å²) in [6.07, 6.45) is 1.88. The molecule has 0 spiro atoms. The zero-order valence-electron chi connectivity index (χ0n) is 7.61. The number of unbranched alkanes of at least 4 members (excludes halogenated alkanes) is 2. The number of hydrogen-bond donors (Lipinski definition) is 4. The van der Waals surface area contributed by atoms with Gasteiger partial charge < -0.3 is 20.4 Å². The molecule has 0 aromatic carbocycles. The molecule has 0 bridgehead atoms. The van der Waals surface area contributed by atoms with Crippen molar-refractivity contribution in [3.8, 4) is 0 Å². The molecule has 76 valence electrons. The first kappa shape index (κ1) is 14.4. The largest absolute Gasteiger partial charge is 0.396 e. The van der Waals surface area contributed by atoms with E-state index in [0.717, 1.165) is 19.3 Å². The van der Waals surface area contributed by atoms with Crippen LogP contribution >= 0.6 is 0 Å². The quantitative estimate of drug-likeness (QED) is 0.350. The Balaban J connectivity index is 0. The molecule has 0 saturated carbocycles. The van der Waals surface area contributed by atoms with E-state index in [1.165, 1.54) is 0 Å². The highest BCUT2D eigenvalue weighted by molar-refractivity contribution is 4.35. The van der Waals surface area contributed by atoms with Gasteiger partial charge in [-0.15, -0.1) is 0 Å². The van der Waals surface area contributed by atoms with E-state index in [9.17, 15) is 0 Å². The standard InChI is InChI=1S/C5H12O2.C3H8O2/c6-4-2-1-3-5-7;1-2-3(4)5/h6-7H,1-5H2;3-5H,2H2,1H3. The minimum Gasteiger partial charge on any atom is -0.396 e. The van der Waals surface area contributed by atoms with Crippen LogP contribution < -0.4 is 0 Å². The van der Waals surface area contributed by atoms with Gasteiger partial charge in [0.15, 0.2) is 6.29 Å². The molecule has 12 heavy (non-hydrogen) atoms. The van der Waals surface area contributed by atoms with Crippen LogP contribution in [-0.2, 0) is 0 Å². The van der Waals surface area contributed by atoms with Crippen molar-refractivity contribution in [2.45, 2.75) is 38.9 Å². The molecule has 0 atom stereocenters. The van der Waals surface area contributed by atoms with Crippen molar-refractivity contribution in [2.24, 2.45) is 0 Å². The molecular formula is C8H20O4. The second kappa shape index (κ2) is 13.4. The van der Waals surface area contributed by atoms with E-state index >= 15 is 0 Å². The summed E-state index contributed by atoms with van der Waals surface area (Å²) in [6.45, 7) is 2.20. The molecule has 0 aliphatic rings. The Bertz CT molecular complexity index is 62.1. The summed E-state index contributed by atoms with van der Waals surface area (Å²) < 4.78 is 0. The maximum absolute atomic E-state index is 8.21. The van der Waals surface area contributed by atoms with Gasteiger partial charge in [0.2, 0.25) is 0 Å². The van der Waals surface area contributed by atoms with Crippen molar-refractivity contribution >= 4 is 0 Å². The number of aliphatic hydroxyl groups is 4. The van der Waals surface area contributed by atoms with Crippen LogP contribution in [0.1, 0.15) is 32.6 Å². The van der Waals surface area contributed by atoms with Crippen LogP contribution in [0, 0.1) is 0 Å². The van der Waals surface area contributed by atoms with Crippen LogP contribution in [0.3, 0.4) is 0 Å². The molecule has 0 radical (unpaired) electrons. The highest BCUT2D eigenvalue weighted by Gasteiger charge is 1.83. The van der Waals surface area contributed by atoms with E-state index in [1.807, 2.05) is 0 Å². The molecule has 4 nitrogen and oxygen atoms in total. The summed E-state index contributed by atoms with van der Waals surface area (Å²) in [7, 11) is 0.